The molecule has 0 aliphatic heterocycles. The van der Waals surface area contributed by atoms with Gasteiger partial charge in [-0.1, -0.05) is 13.0 Å². The molecule has 15 heteroatoms. The second kappa shape index (κ2) is 10.3. The number of fused-ring (bicyclic) bond motifs is 1. The minimum atomic E-state index is -3.85. The lowest BCUT2D eigenvalue weighted by Crippen LogP contribution is -2.37. The number of benzene rings is 1. The van der Waals surface area contributed by atoms with Gasteiger partial charge in [0.2, 0.25) is 10.0 Å². The first-order valence-corrected chi connectivity index (χ1v) is 13.5. The lowest BCUT2D eigenvalue weighted by molar-refractivity contribution is 0.0870. The molecule has 202 valence electrons. The summed E-state index contributed by atoms with van der Waals surface area (Å²) in [5, 5.41) is 14.8. The van der Waals surface area contributed by atoms with E-state index in [9.17, 15) is 17.6 Å². The lowest BCUT2D eigenvalue weighted by Gasteiger charge is -2.24. The maximum atomic E-state index is 15.5. The molecule has 0 saturated carbocycles. The van der Waals surface area contributed by atoms with Crippen molar-refractivity contribution < 1.29 is 22.0 Å². The van der Waals surface area contributed by atoms with Gasteiger partial charge in [0.15, 0.2) is 17.8 Å². The summed E-state index contributed by atoms with van der Waals surface area (Å²) in [6.45, 7) is 3.40. The Labute approximate surface area is 221 Å². The van der Waals surface area contributed by atoms with Gasteiger partial charge in [-0.25, -0.2) is 27.2 Å². The number of tetrazole rings is 1. The number of H-pyrrole nitrogens is 1. The molecule has 3 heterocycles. The molecule has 1 aliphatic rings. The van der Waals surface area contributed by atoms with E-state index in [1.54, 1.807) is 38.1 Å². The molecule has 39 heavy (non-hydrogen) atoms. The molecule has 0 radical (unpaired) electrons. The highest BCUT2D eigenvalue weighted by atomic mass is 32.2. The number of anilines is 2. The number of rotatable bonds is 9. The number of hydrogen-bond donors (Lipinski definition) is 3. The van der Waals surface area contributed by atoms with Crippen molar-refractivity contribution in [2.24, 2.45) is 5.92 Å². The van der Waals surface area contributed by atoms with Crippen molar-refractivity contribution in [1.29, 1.82) is 0 Å². The van der Waals surface area contributed by atoms with Crippen LogP contribution in [0.4, 0.5) is 20.3 Å². The summed E-state index contributed by atoms with van der Waals surface area (Å²) in [7, 11) is -3.85. The molecule has 3 aromatic heterocycles. The topological polar surface area (TPSA) is 160 Å². The third kappa shape index (κ3) is 5.12. The van der Waals surface area contributed by atoms with Crippen molar-refractivity contribution in [3.05, 3.63) is 71.9 Å². The molecule has 1 aromatic carbocycles. The smallest absolute Gasteiger partial charge is 0.232 e. The highest BCUT2D eigenvalue weighted by Gasteiger charge is 2.40. The standard InChI is InChI=1S/C24H23F2N9O3S/c1-3-9-39(37,38)32-18-8-7-17(25)20(21(18)26)22(36)16-11-27-23-19(16)24(29-12-28-23)30-14-5-4-6-15(10-14)35-13(2)31-33-34-35/h4-8,10-12,20-21,32H,3,9H2,1-2H3,(H2,27,28,29,30). The van der Waals surface area contributed by atoms with Crippen LogP contribution in [0.15, 0.2) is 60.5 Å². The van der Waals surface area contributed by atoms with E-state index in [1.165, 1.54) is 17.2 Å². The predicted molar refractivity (Wildman–Crippen MR) is 138 cm³/mol. The highest BCUT2D eigenvalue weighted by Crippen LogP contribution is 2.35. The molecule has 0 amide bonds. The molecule has 2 atom stereocenters. The number of carbonyl (C=O) groups excluding carboxylic acids is 1. The number of Topliss-reactive ketones (excluding diaryl/α,β-unsaturated/α-hetero) is 1. The molecular formula is C24H23F2N9O3S. The van der Waals surface area contributed by atoms with Crippen molar-refractivity contribution in [3.63, 3.8) is 0 Å². The van der Waals surface area contributed by atoms with Gasteiger partial charge in [-0.3, -0.25) is 9.52 Å². The fraction of sp³-hybridized carbons (Fsp3) is 0.250. The largest absolute Gasteiger partial charge is 0.345 e. The molecule has 12 nitrogen and oxygen atoms in total. The Balaban J connectivity index is 1.47. The van der Waals surface area contributed by atoms with E-state index in [2.05, 4.69) is 40.5 Å². The van der Waals surface area contributed by atoms with Gasteiger partial charge >= 0.3 is 0 Å². The molecule has 2 unspecified atom stereocenters. The van der Waals surface area contributed by atoms with Crippen LogP contribution in [0.3, 0.4) is 0 Å². The highest BCUT2D eigenvalue weighted by molar-refractivity contribution is 7.89. The summed E-state index contributed by atoms with van der Waals surface area (Å²) in [4.78, 5) is 24.7. The second-order valence-corrected chi connectivity index (χ2v) is 10.6. The Hall–Kier alpha value is -4.53. The molecular weight excluding hydrogens is 532 g/mol. The van der Waals surface area contributed by atoms with E-state index in [4.69, 9.17) is 0 Å². The Kier molecular flexibility index (Phi) is 6.91. The van der Waals surface area contributed by atoms with Gasteiger partial charge in [0.1, 0.15) is 29.5 Å². The number of nitrogens with one attached hydrogen (secondary N) is 3. The first-order chi connectivity index (χ1) is 18.7. The Bertz CT molecular complexity index is 1730. The summed E-state index contributed by atoms with van der Waals surface area (Å²) in [6.07, 6.45) is 2.49. The van der Waals surface area contributed by atoms with Crippen LogP contribution in [0.5, 0.6) is 0 Å². The van der Waals surface area contributed by atoms with Crippen LogP contribution in [0.25, 0.3) is 16.7 Å². The summed E-state index contributed by atoms with van der Waals surface area (Å²) in [6, 6.07) is 7.08. The number of hydrogen-bond acceptors (Lipinski definition) is 9. The van der Waals surface area contributed by atoms with Crippen LogP contribution < -0.4 is 10.0 Å². The fourth-order valence-corrected chi connectivity index (χ4v) is 5.45. The zero-order valence-corrected chi connectivity index (χ0v) is 21.6. The number of carbonyl (C=O) groups is 1. The van der Waals surface area contributed by atoms with Crippen molar-refractivity contribution >= 4 is 38.3 Å². The number of aryl methyl sites for hydroxylation is 1. The summed E-state index contributed by atoms with van der Waals surface area (Å²) >= 11 is 0. The average molecular weight is 556 g/mol. The minimum absolute atomic E-state index is 0.0607. The number of aromatic nitrogens is 7. The second-order valence-electron chi connectivity index (χ2n) is 8.80. The maximum absolute atomic E-state index is 15.5. The van der Waals surface area contributed by atoms with Crippen molar-refractivity contribution in [2.75, 3.05) is 11.1 Å². The summed E-state index contributed by atoms with van der Waals surface area (Å²) in [5.41, 5.74) is 1.03. The number of sulfonamides is 1. The molecule has 1 aliphatic carbocycles. The molecule has 5 rings (SSSR count). The molecule has 0 saturated heterocycles. The van der Waals surface area contributed by atoms with Gasteiger partial charge in [-0.05, 0) is 54.1 Å². The van der Waals surface area contributed by atoms with Crippen LogP contribution in [-0.2, 0) is 10.0 Å². The quantitative estimate of drug-likeness (QED) is 0.264. The lowest BCUT2D eigenvalue weighted by atomic mass is 9.87. The van der Waals surface area contributed by atoms with Crippen LogP contribution in [0, 0.1) is 12.8 Å². The molecule has 4 aromatic rings. The van der Waals surface area contributed by atoms with Crippen LogP contribution >= 0.6 is 0 Å². The van der Waals surface area contributed by atoms with Crippen molar-refractivity contribution in [3.8, 4) is 5.69 Å². The number of aromatic amines is 1. The monoisotopic (exact) mass is 555 g/mol. The number of ketones is 1. The predicted octanol–water partition coefficient (Wildman–Crippen LogP) is 3.20. The normalized spacial score (nSPS) is 17.5. The third-order valence-electron chi connectivity index (χ3n) is 6.05. The third-order valence-corrected chi connectivity index (χ3v) is 7.54. The van der Waals surface area contributed by atoms with E-state index in [1.807, 2.05) is 0 Å². The van der Waals surface area contributed by atoms with E-state index in [-0.39, 0.29) is 28.2 Å². The van der Waals surface area contributed by atoms with E-state index < -0.39 is 39.4 Å². The molecule has 0 fully saturated rings. The number of alkyl halides is 1. The van der Waals surface area contributed by atoms with Crippen LogP contribution in [-0.4, -0.2) is 61.3 Å². The van der Waals surface area contributed by atoms with E-state index in [0.717, 1.165) is 12.2 Å². The zero-order chi connectivity index (χ0) is 27.7. The van der Waals surface area contributed by atoms with Gasteiger partial charge in [0.25, 0.3) is 0 Å². The number of allylic oxidation sites excluding steroid dienone is 4. The molecule has 0 spiro atoms. The summed E-state index contributed by atoms with van der Waals surface area (Å²) in [5.74, 6) is -3.29. The average Bonchev–Trinajstić information content (AvgIpc) is 3.53. The van der Waals surface area contributed by atoms with Crippen LogP contribution in [0.2, 0.25) is 0 Å². The Morgan fingerprint density at radius 2 is 2.05 bits per heavy atom. The maximum Gasteiger partial charge on any atom is 0.232 e. The van der Waals surface area contributed by atoms with Gasteiger partial charge in [0, 0.05) is 17.4 Å². The Morgan fingerprint density at radius 1 is 1.23 bits per heavy atom. The van der Waals surface area contributed by atoms with Crippen LogP contribution in [0.1, 0.15) is 29.5 Å². The SMILES string of the molecule is CCCS(=O)(=O)NC1=CC=C(F)C(C(=O)c2c[nH]c3ncnc(Nc4cccc(-n5nnnc5C)c4)c23)C1F. The Morgan fingerprint density at radius 3 is 2.79 bits per heavy atom. The van der Waals surface area contributed by atoms with Crippen molar-refractivity contribution in [1.82, 2.24) is 39.9 Å². The molecule has 3 N–H and O–H groups in total. The molecule has 0 bridgehead atoms. The first-order valence-electron chi connectivity index (χ1n) is 11.9. The van der Waals surface area contributed by atoms with Gasteiger partial charge in [-0.15, -0.1) is 5.10 Å². The number of nitrogens with zero attached hydrogens (tertiary/aromatic N) is 6. The van der Waals surface area contributed by atoms with E-state index >= 15 is 4.39 Å². The first kappa shape index (κ1) is 26.1. The summed E-state index contributed by atoms with van der Waals surface area (Å²) < 4.78 is 58.3. The minimum Gasteiger partial charge on any atom is -0.345 e. The van der Waals surface area contributed by atoms with Gasteiger partial charge in [0.05, 0.1) is 22.5 Å². The fourth-order valence-electron chi connectivity index (χ4n) is 4.27. The van der Waals surface area contributed by atoms with Gasteiger partial charge < -0.3 is 10.3 Å². The zero-order valence-electron chi connectivity index (χ0n) is 20.8. The van der Waals surface area contributed by atoms with Gasteiger partial charge in [-0.2, -0.15) is 4.68 Å². The van der Waals surface area contributed by atoms with E-state index in [0.29, 0.717) is 23.6 Å². The number of halogens is 2. The van der Waals surface area contributed by atoms with Crippen molar-refractivity contribution in [2.45, 2.75) is 26.4 Å².